The third-order valence-electron chi connectivity index (χ3n) is 2.70. The van der Waals surface area contributed by atoms with Crippen LogP contribution in [0.2, 0.25) is 0 Å². The standard InChI is InChI=1S/C12H15FN4S/c1-8(2)17-11(14-15-12(17)18)16(3)10-6-4-5-9(13)7-10/h4-8H,1-3H3,(H,15,18). The number of nitrogens with zero attached hydrogens (tertiary/aromatic N) is 3. The molecule has 6 heteroatoms. The number of benzene rings is 1. The average molecular weight is 266 g/mol. The number of rotatable bonds is 3. The van der Waals surface area contributed by atoms with Gasteiger partial charge in [0.1, 0.15) is 5.82 Å². The molecule has 1 aromatic heterocycles. The summed E-state index contributed by atoms with van der Waals surface area (Å²) < 4.78 is 15.7. The van der Waals surface area contributed by atoms with Crippen LogP contribution in [0.15, 0.2) is 24.3 Å². The Morgan fingerprint density at radius 3 is 2.78 bits per heavy atom. The molecule has 4 nitrogen and oxygen atoms in total. The van der Waals surface area contributed by atoms with Gasteiger partial charge in [0.2, 0.25) is 5.95 Å². The lowest BCUT2D eigenvalue weighted by Gasteiger charge is -2.20. The number of hydrogen-bond donors (Lipinski definition) is 1. The summed E-state index contributed by atoms with van der Waals surface area (Å²) in [6, 6.07) is 6.55. The lowest BCUT2D eigenvalue weighted by atomic mass is 10.3. The number of halogens is 1. The lowest BCUT2D eigenvalue weighted by Crippen LogP contribution is -2.17. The quantitative estimate of drug-likeness (QED) is 0.865. The van der Waals surface area contributed by atoms with Gasteiger partial charge in [0.05, 0.1) is 0 Å². The van der Waals surface area contributed by atoms with Crippen molar-refractivity contribution in [3.05, 3.63) is 34.9 Å². The van der Waals surface area contributed by atoms with E-state index in [-0.39, 0.29) is 11.9 Å². The van der Waals surface area contributed by atoms with Crippen molar-refractivity contribution in [3.8, 4) is 0 Å². The molecule has 0 aliphatic rings. The van der Waals surface area contributed by atoms with E-state index in [1.807, 2.05) is 31.5 Å². The van der Waals surface area contributed by atoms with E-state index in [4.69, 9.17) is 12.2 Å². The maximum absolute atomic E-state index is 13.2. The van der Waals surface area contributed by atoms with E-state index in [0.717, 1.165) is 5.69 Å². The van der Waals surface area contributed by atoms with Crippen LogP contribution in [0.5, 0.6) is 0 Å². The van der Waals surface area contributed by atoms with Gasteiger partial charge in [0.15, 0.2) is 4.77 Å². The number of hydrogen-bond acceptors (Lipinski definition) is 3. The molecule has 0 saturated carbocycles. The molecule has 0 spiro atoms. The van der Waals surface area contributed by atoms with E-state index in [9.17, 15) is 4.39 Å². The highest BCUT2D eigenvalue weighted by Gasteiger charge is 2.15. The number of H-pyrrole nitrogens is 1. The minimum atomic E-state index is -0.274. The van der Waals surface area contributed by atoms with E-state index in [1.165, 1.54) is 12.1 Å². The minimum Gasteiger partial charge on any atom is -0.314 e. The van der Waals surface area contributed by atoms with Crippen LogP contribution in [0.25, 0.3) is 0 Å². The van der Waals surface area contributed by atoms with Crippen LogP contribution >= 0.6 is 12.2 Å². The van der Waals surface area contributed by atoms with Gasteiger partial charge < -0.3 is 4.90 Å². The summed E-state index contributed by atoms with van der Waals surface area (Å²) >= 11 is 5.19. The monoisotopic (exact) mass is 266 g/mol. The fraction of sp³-hybridized carbons (Fsp3) is 0.333. The van der Waals surface area contributed by atoms with Gasteiger partial charge in [-0.15, -0.1) is 5.10 Å². The second kappa shape index (κ2) is 4.89. The van der Waals surface area contributed by atoms with Crippen molar-refractivity contribution in [2.75, 3.05) is 11.9 Å². The molecule has 0 aliphatic carbocycles. The minimum absolute atomic E-state index is 0.183. The Labute approximate surface area is 110 Å². The molecule has 0 unspecified atom stereocenters. The first kappa shape index (κ1) is 12.8. The zero-order valence-corrected chi connectivity index (χ0v) is 11.3. The summed E-state index contributed by atoms with van der Waals surface area (Å²) in [5.41, 5.74) is 0.728. The molecule has 18 heavy (non-hydrogen) atoms. The fourth-order valence-corrected chi connectivity index (χ4v) is 2.14. The molecule has 0 saturated heterocycles. The van der Waals surface area contributed by atoms with Gasteiger partial charge in [0, 0.05) is 18.8 Å². The van der Waals surface area contributed by atoms with E-state index in [2.05, 4.69) is 10.2 Å². The summed E-state index contributed by atoms with van der Waals surface area (Å²) in [5, 5.41) is 6.96. The smallest absolute Gasteiger partial charge is 0.230 e. The molecule has 0 amide bonds. The zero-order valence-electron chi connectivity index (χ0n) is 10.5. The number of aromatic amines is 1. The first-order valence-electron chi connectivity index (χ1n) is 5.67. The summed E-state index contributed by atoms with van der Waals surface area (Å²) in [6.07, 6.45) is 0. The Morgan fingerprint density at radius 1 is 1.44 bits per heavy atom. The second-order valence-electron chi connectivity index (χ2n) is 4.33. The highest BCUT2D eigenvalue weighted by Crippen LogP contribution is 2.24. The molecule has 2 aromatic rings. The van der Waals surface area contributed by atoms with E-state index < -0.39 is 0 Å². The Morgan fingerprint density at radius 2 is 2.17 bits per heavy atom. The van der Waals surface area contributed by atoms with Crippen molar-refractivity contribution < 1.29 is 4.39 Å². The van der Waals surface area contributed by atoms with Gasteiger partial charge in [-0.25, -0.2) is 9.49 Å². The van der Waals surface area contributed by atoms with Gasteiger partial charge in [-0.1, -0.05) is 6.07 Å². The van der Waals surface area contributed by atoms with Crippen LogP contribution in [-0.2, 0) is 0 Å². The molecular weight excluding hydrogens is 251 g/mol. The largest absolute Gasteiger partial charge is 0.314 e. The van der Waals surface area contributed by atoms with Crippen molar-refractivity contribution in [2.45, 2.75) is 19.9 Å². The normalized spacial score (nSPS) is 10.9. The number of nitrogens with one attached hydrogen (secondary N) is 1. The number of aromatic nitrogens is 3. The Hall–Kier alpha value is -1.69. The molecule has 2 rings (SSSR count). The highest BCUT2D eigenvalue weighted by molar-refractivity contribution is 7.71. The summed E-state index contributed by atoms with van der Waals surface area (Å²) in [7, 11) is 1.83. The summed E-state index contributed by atoms with van der Waals surface area (Å²) in [5.74, 6) is 0.394. The van der Waals surface area contributed by atoms with E-state index in [1.54, 1.807) is 11.0 Å². The highest BCUT2D eigenvalue weighted by atomic mass is 32.1. The van der Waals surface area contributed by atoms with Gasteiger partial charge >= 0.3 is 0 Å². The predicted octanol–water partition coefficient (Wildman–Crippen LogP) is 3.43. The first-order chi connectivity index (χ1) is 8.50. The van der Waals surface area contributed by atoms with Crippen LogP contribution in [0.3, 0.4) is 0 Å². The lowest BCUT2D eigenvalue weighted by molar-refractivity contribution is 0.591. The molecule has 1 aromatic carbocycles. The molecule has 0 aliphatic heterocycles. The molecule has 0 fully saturated rings. The fourth-order valence-electron chi connectivity index (χ4n) is 1.80. The maximum atomic E-state index is 13.2. The van der Waals surface area contributed by atoms with Gasteiger partial charge in [-0.2, -0.15) is 0 Å². The molecular formula is C12H15FN4S. The van der Waals surface area contributed by atoms with Crippen molar-refractivity contribution >= 4 is 23.9 Å². The topological polar surface area (TPSA) is 36.9 Å². The van der Waals surface area contributed by atoms with Crippen LogP contribution in [0, 0.1) is 10.6 Å². The van der Waals surface area contributed by atoms with E-state index >= 15 is 0 Å². The predicted molar refractivity (Wildman–Crippen MR) is 72.3 cm³/mol. The third-order valence-corrected chi connectivity index (χ3v) is 2.99. The van der Waals surface area contributed by atoms with Crippen molar-refractivity contribution in [2.24, 2.45) is 0 Å². The summed E-state index contributed by atoms with van der Waals surface area (Å²) in [6.45, 7) is 4.04. The molecule has 1 heterocycles. The van der Waals surface area contributed by atoms with Crippen LogP contribution in [0.4, 0.5) is 16.0 Å². The van der Waals surface area contributed by atoms with Crippen molar-refractivity contribution in [3.63, 3.8) is 0 Å². The van der Waals surface area contributed by atoms with Crippen LogP contribution < -0.4 is 4.90 Å². The van der Waals surface area contributed by atoms with Gasteiger partial charge in [-0.3, -0.25) is 4.57 Å². The molecule has 1 N–H and O–H groups in total. The van der Waals surface area contributed by atoms with Gasteiger partial charge in [-0.05, 0) is 44.3 Å². The maximum Gasteiger partial charge on any atom is 0.230 e. The number of anilines is 2. The van der Waals surface area contributed by atoms with Crippen molar-refractivity contribution in [1.29, 1.82) is 0 Å². The van der Waals surface area contributed by atoms with Crippen molar-refractivity contribution in [1.82, 2.24) is 14.8 Å². The average Bonchev–Trinajstić information content (AvgIpc) is 2.70. The SMILES string of the molecule is CC(C)n1c(N(C)c2cccc(F)c2)n[nH]c1=S. The molecule has 0 atom stereocenters. The third kappa shape index (κ3) is 2.28. The Kier molecular flexibility index (Phi) is 3.47. The zero-order chi connectivity index (χ0) is 13.3. The molecule has 0 radical (unpaired) electrons. The summed E-state index contributed by atoms with van der Waals surface area (Å²) in [4.78, 5) is 1.80. The Balaban J connectivity index is 2.46. The van der Waals surface area contributed by atoms with E-state index in [0.29, 0.717) is 10.7 Å². The second-order valence-corrected chi connectivity index (χ2v) is 4.72. The van der Waals surface area contributed by atoms with Crippen LogP contribution in [-0.4, -0.2) is 21.8 Å². The molecule has 0 bridgehead atoms. The van der Waals surface area contributed by atoms with Gasteiger partial charge in [0.25, 0.3) is 0 Å². The molecule has 96 valence electrons. The first-order valence-corrected chi connectivity index (χ1v) is 6.07. The Bertz CT molecular complexity index is 602. The van der Waals surface area contributed by atoms with Crippen LogP contribution in [0.1, 0.15) is 19.9 Å².